The normalized spacial score (nSPS) is 11.6. The molecule has 0 nitrogen and oxygen atoms in total. The Morgan fingerprint density at radius 3 is 1.84 bits per heavy atom. The highest BCUT2D eigenvalue weighted by atomic mass is 14.1. The lowest BCUT2D eigenvalue weighted by Crippen LogP contribution is -1.86. The maximum Gasteiger partial charge on any atom is -0.0224 e. The summed E-state index contributed by atoms with van der Waals surface area (Å²) in [5.41, 5.74) is 2.82. The van der Waals surface area contributed by atoms with Gasteiger partial charge in [0.1, 0.15) is 0 Å². The molecule has 0 aliphatic heterocycles. The topological polar surface area (TPSA) is 0 Å². The van der Waals surface area contributed by atoms with Crippen LogP contribution in [0.5, 0.6) is 0 Å². The van der Waals surface area contributed by atoms with E-state index in [0.29, 0.717) is 0 Å². The quantitative estimate of drug-likeness (QED) is 0.515. The molecule has 0 saturated heterocycles. The van der Waals surface area contributed by atoms with Crippen molar-refractivity contribution in [2.45, 2.75) is 60.8 Å². The molecule has 0 saturated carbocycles. The van der Waals surface area contributed by atoms with E-state index in [1.54, 1.807) is 0 Å². The van der Waals surface area contributed by atoms with E-state index >= 15 is 0 Å². The van der Waals surface area contributed by atoms with Gasteiger partial charge < -0.3 is 0 Å². The van der Waals surface area contributed by atoms with Gasteiger partial charge in [-0.15, -0.1) is 0 Å². The van der Waals surface area contributed by atoms with E-state index in [4.69, 9.17) is 0 Å². The van der Waals surface area contributed by atoms with E-state index in [0.717, 1.165) is 0 Å². The Kier molecular flexibility index (Phi) is 17.6. The van der Waals surface area contributed by atoms with Crippen molar-refractivity contribution < 1.29 is 0 Å². The highest BCUT2D eigenvalue weighted by Crippen LogP contribution is 2.22. The van der Waals surface area contributed by atoms with Gasteiger partial charge >= 0.3 is 0 Å². The summed E-state index contributed by atoms with van der Waals surface area (Å²) in [5.74, 6) is 0. The Balaban J connectivity index is 0. The monoisotopic (exact) mass is 260 g/mol. The number of rotatable bonds is 1. The summed E-state index contributed by atoms with van der Waals surface area (Å²) in [6.07, 6.45) is 10.2. The Morgan fingerprint density at radius 2 is 1.42 bits per heavy atom. The lowest BCUT2D eigenvalue weighted by Gasteiger charge is -2.08. The zero-order chi connectivity index (χ0) is 14.9. The Morgan fingerprint density at radius 1 is 0.895 bits per heavy atom. The predicted molar refractivity (Wildman–Crippen MR) is 91.5 cm³/mol. The molecular weight excluding hydrogens is 228 g/mol. The molecule has 1 aliphatic carbocycles. The molecule has 0 spiro atoms. The molecule has 1 aromatic rings. The van der Waals surface area contributed by atoms with Gasteiger partial charge in [0.2, 0.25) is 0 Å². The van der Waals surface area contributed by atoms with Crippen LogP contribution >= 0.6 is 0 Å². The molecule has 0 radical (unpaired) electrons. The minimum absolute atomic E-state index is 1.18. The minimum atomic E-state index is 1.18. The summed E-state index contributed by atoms with van der Waals surface area (Å²) < 4.78 is 0. The van der Waals surface area contributed by atoms with Crippen LogP contribution in [0.2, 0.25) is 0 Å². The fraction of sp³-hybridized carbons (Fsp3) is 0.474. The van der Waals surface area contributed by atoms with Crippen molar-refractivity contribution in [3.8, 4) is 0 Å². The molecule has 2 rings (SSSR count). The van der Waals surface area contributed by atoms with Gasteiger partial charge in [0, 0.05) is 0 Å². The average Bonchev–Trinajstić information content (AvgIpc) is 2.54. The molecule has 0 bridgehead atoms. The lowest BCUT2D eigenvalue weighted by molar-refractivity contribution is 1.05. The van der Waals surface area contributed by atoms with E-state index in [1.165, 1.54) is 30.4 Å². The zero-order valence-electron chi connectivity index (χ0n) is 13.7. The summed E-state index contributed by atoms with van der Waals surface area (Å²) in [7, 11) is 0. The van der Waals surface area contributed by atoms with Crippen molar-refractivity contribution in [2.75, 3.05) is 0 Å². The molecule has 0 unspecified atom stereocenters. The van der Waals surface area contributed by atoms with E-state index < -0.39 is 0 Å². The molecular formula is C19H32. The van der Waals surface area contributed by atoms with Gasteiger partial charge in [0.15, 0.2) is 0 Å². The van der Waals surface area contributed by atoms with Crippen LogP contribution in [-0.2, 0) is 0 Å². The molecule has 0 heteroatoms. The van der Waals surface area contributed by atoms with Crippen LogP contribution in [0.4, 0.5) is 0 Å². The lowest BCUT2D eigenvalue weighted by atomic mass is 9.98. The first-order chi connectivity index (χ1) is 9.38. The third kappa shape index (κ3) is 10.3. The van der Waals surface area contributed by atoms with Gasteiger partial charge in [-0.05, 0) is 24.0 Å². The second-order valence-corrected chi connectivity index (χ2v) is 3.73. The summed E-state index contributed by atoms with van der Waals surface area (Å²) >= 11 is 0. The van der Waals surface area contributed by atoms with Crippen LogP contribution in [0.1, 0.15) is 66.4 Å². The second kappa shape index (κ2) is 16.7. The molecule has 0 amide bonds. The average molecular weight is 260 g/mol. The van der Waals surface area contributed by atoms with Gasteiger partial charge in [-0.2, -0.15) is 0 Å². The molecule has 0 aromatic heterocycles. The Labute approximate surface area is 121 Å². The molecule has 1 aromatic carbocycles. The highest BCUT2D eigenvalue weighted by molar-refractivity contribution is 5.67. The standard InChI is InChI=1S/C12H12.C3H8.2C2H6/c1-3-7-11(8-4-1)12-9-5-2-6-10-12;1-3-2;2*1-2/h1-5,7-9H,6,10H2;3H2,1-2H3;2*1-2H3. The summed E-state index contributed by atoms with van der Waals surface area (Å²) in [6.45, 7) is 12.2. The SMILES string of the molecule is C1=CCCC(c2ccccc2)=C1.CC.CC.CCC. The maximum atomic E-state index is 2.21. The molecule has 19 heavy (non-hydrogen) atoms. The van der Waals surface area contributed by atoms with E-state index in [2.05, 4.69) is 62.4 Å². The first-order valence-electron chi connectivity index (χ1n) is 7.79. The minimum Gasteiger partial charge on any atom is -0.0842 e. The molecule has 0 N–H and O–H groups in total. The third-order valence-electron chi connectivity index (χ3n) is 2.16. The summed E-state index contributed by atoms with van der Waals surface area (Å²) in [5, 5.41) is 0. The van der Waals surface area contributed by atoms with Gasteiger partial charge in [-0.3, -0.25) is 0 Å². The van der Waals surface area contributed by atoms with Crippen LogP contribution in [0.25, 0.3) is 5.57 Å². The van der Waals surface area contributed by atoms with Gasteiger partial charge in [-0.1, -0.05) is 96.5 Å². The fourth-order valence-corrected chi connectivity index (χ4v) is 1.50. The van der Waals surface area contributed by atoms with Gasteiger partial charge in [0.05, 0.1) is 0 Å². The molecule has 0 heterocycles. The Hall–Kier alpha value is -1.30. The van der Waals surface area contributed by atoms with E-state index in [1.807, 2.05) is 27.7 Å². The van der Waals surface area contributed by atoms with E-state index in [9.17, 15) is 0 Å². The second-order valence-electron chi connectivity index (χ2n) is 3.73. The fourth-order valence-electron chi connectivity index (χ4n) is 1.50. The van der Waals surface area contributed by atoms with Gasteiger partial charge in [0.25, 0.3) is 0 Å². The molecule has 0 fully saturated rings. The van der Waals surface area contributed by atoms with Gasteiger partial charge in [-0.25, -0.2) is 0 Å². The summed E-state index contributed by atoms with van der Waals surface area (Å²) in [4.78, 5) is 0. The van der Waals surface area contributed by atoms with Crippen molar-refractivity contribution in [3.05, 3.63) is 54.1 Å². The summed E-state index contributed by atoms with van der Waals surface area (Å²) in [6, 6.07) is 10.6. The largest absolute Gasteiger partial charge is 0.0842 e. The molecule has 1 aliphatic rings. The number of hydrogen-bond donors (Lipinski definition) is 0. The van der Waals surface area contributed by atoms with Crippen molar-refractivity contribution in [2.24, 2.45) is 0 Å². The number of hydrogen-bond acceptors (Lipinski definition) is 0. The first kappa shape index (κ1) is 20.0. The predicted octanol–water partition coefficient (Wildman–Crippen LogP) is 6.89. The van der Waals surface area contributed by atoms with Crippen LogP contribution < -0.4 is 0 Å². The van der Waals surface area contributed by atoms with Crippen LogP contribution in [0, 0.1) is 0 Å². The molecule has 0 atom stereocenters. The number of benzene rings is 1. The zero-order valence-corrected chi connectivity index (χ0v) is 13.7. The van der Waals surface area contributed by atoms with Crippen molar-refractivity contribution in [1.82, 2.24) is 0 Å². The van der Waals surface area contributed by atoms with Crippen molar-refractivity contribution in [3.63, 3.8) is 0 Å². The van der Waals surface area contributed by atoms with Crippen LogP contribution in [-0.4, -0.2) is 0 Å². The highest BCUT2D eigenvalue weighted by Gasteiger charge is 2.00. The Bertz CT molecular complexity index is 317. The van der Waals surface area contributed by atoms with E-state index in [-0.39, 0.29) is 0 Å². The maximum absolute atomic E-state index is 2.21. The molecule has 108 valence electrons. The van der Waals surface area contributed by atoms with Crippen molar-refractivity contribution in [1.29, 1.82) is 0 Å². The van der Waals surface area contributed by atoms with Crippen molar-refractivity contribution >= 4 is 5.57 Å². The smallest absolute Gasteiger partial charge is 0.0224 e. The number of allylic oxidation sites excluding steroid dienone is 4. The first-order valence-corrected chi connectivity index (χ1v) is 7.79. The van der Waals surface area contributed by atoms with Crippen LogP contribution in [0.15, 0.2) is 48.6 Å². The van der Waals surface area contributed by atoms with Crippen LogP contribution in [0.3, 0.4) is 0 Å². The third-order valence-corrected chi connectivity index (χ3v) is 2.16.